The van der Waals surface area contributed by atoms with Crippen molar-refractivity contribution < 1.29 is 45.4 Å². The maximum absolute atomic E-state index is 13.6. The number of aryl methyl sites for hydroxylation is 1. The highest BCUT2D eigenvalue weighted by molar-refractivity contribution is 7.90. The molecular formula is C31H26F3N7O7S. The van der Waals surface area contributed by atoms with E-state index in [0.29, 0.717) is 12.1 Å². The van der Waals surface area contributed by atoms with Gasteiger partial charge >= 0.3 is 6.18 Å². The minimum absolute atomic E-state index is 0.148. The van der Waals surface area contributed by atoms with Crippen LogP contribution < -0.4 is 14.6 Å². The van der Waals surface area contributed by atoms with Crippen molar-refractivity contribution in [3.05, 3.63) is 101 Å². The molecule has 1 fully saturated rings. The van der Waals surface area contributed by atoms with Gasteiger partial charge in [-0.25, -0.2) is 27.7 Å². The summed E-state index contributed by atoms with van der Waals surface area (Å²) in [5, 5.41) is 5.95. The van der Waals surface area contributed by atoms with Crippen LogP contribution in [0.3, 0.4) is 0 Å². The summed E-state index contributed by atoms with van der Waals surface area (Å²) < 4.78 is 75.3. The average molecular weight is 698 g/mol. The Bertz CT molecular complexity index is 2160. The molecule has 14 nitrogen and oxygen atoms in total. The van der Waals surface area contributed by atoms with Crippen LogP contribution in [0.5, 0.6) is 0 Å². The van der Waals surface area contributed by atoms with Crippen LogP contribution in [-0.4, -0.2) is 69.6 Å². The molecule has 1 N–H and O–H groups in total. The smallest absolute Gasteiger partial charge is 0.340 e. The van der Waals surface area contributed by atoms with Gasteiger partial charge in [-0.2, -0.15) is 22.9 Å². The summed E-state index contributed by atoms with van der Waals surface area (Å²) in [6.45, 7) is 3.60. The quantitative estimate of drug-likeness (QED) is 0.229. The van der Waals surface area contributed by atoms with E-state index in [-0.39, 0.29) is 33.8 Å². The molecule has 3 aromatic carbocycles. The largest absolute Gasteiger partial charge is 0.435 e. The van der Waals surface area contributed by atoms with Crippen molar-refractivity contribution in [3.8, 4) is 16.9 Å². The molecule has 1 saturated heterocycles. The van der Waals surface area contributed by atoms with E-state index in [2.05, 4.69) is 5.10 Å². The Morgan fingerprint density at radius 3 is 2.20 bits per heavy atom. The zero-order valence-electron chi connectivity index (χ0n) is 25.7. The third kappa shape index (κ3) is 5.73. The number of hydrogen-bond donors (Lipinski definition) is 1. The Hall–Kier alpha value is -5.78. The fraction of sp³-hybridized carbons (Fsp3) is 0.226. The van der Waals surface area contributed by atoms with Gasteiger partial charge in [0.05, 0.1) is 32.4 Å². The van der Waals surface area contributed by atoms with E-state index in [9.17, 15) is 36.0 Å². The molecule has 3 amide bonds. The number of hydrogen-bond acceptors (Lipinski definition) is 9. The third-order valence-electron chi connectivity index (χ3n) is 8.18. The Balaban J connectivity index is 1.02. The predicted molar refractivity (Wildman–Crippen MR) is 163 cm³/mol. The van der Waals surface area contributed by atoms with Crippen LogP contribution in [0.15, 0.2) is 88.4 Å². The number of alkyl halides is 3. The number of carbonyl (C=O) groups excluding carboxylic acids is 3. The first-order valence-corrected chi connectivity index (χ1v) is 16.3. The Kier molecular flexibility index (Phi) is 7.42. The highest BCUT2D eigenvalue weighted by Crippen LogP contribution is 2.33. The summed E-state index contributed by atoms with van der Waals surface area (Å²) >= 11 is 0. The number of nitrogens with one attached hydrogen (secondary N) is 1. The first kappa shape index (κ1) is 31.8. The van der Waals surface area contributed by atoms with Gasteiger partial charge in [-0.05, 0) is 62.7 Å². The lowest BCUT2D eigenvalue weighted by Crippen LogP contribution is -2.61. The van der Waals surface area contributed by atoms with E-state index in [1.54, 1.807) is 36.4 Å². The summed E-state index contributed by atoms with van der Waals surface area (Å²) in [5.41, 5.74) is 1.06. The maximum atomic E-state index is 13.6. The minimum Gasteiger partial charge on any atom is -0.340 e. The number of carbonyl (C=O) groups is 3. The molecule has 0 saturated carbocycles. The number of halogens is 3. The molecule has 18 heteroatoms. The highest BCUT2D eigenvalue weighted by atomic mass is 32.2. The van der Waals surface area contributed by atoms with Crippen LogP contribution in [0.4, 0.5) is 13.2 Å². The third-order valence-corrected chi connectivity index (χ3v) is 9.54. The molecule has 0 bridgehead atoms. The summed E-state index contributed by atoms with van der Waals surface area (Å²) in [6.07, 6.45) is -5.52. The van der Waals surface area contributed by atoms with Crippen LogP contribution in [0.1, 0.15) is 45.3 Å². The van der Waals surface area contributed by atoms with Crippen LogP contribution in [0.25, 0.3) is 16.9 Å². The van der Waals surface area contributed by atoms with Gasteiger partial charge in [0.15, 0.2) is 5.69 Å². The lowest BCUT2D eigenvalue weighted by Gasteiger charge is -2.35. The number of benzene rings is 3. The second-order valence-corrected chi connectivity index (χ2v) is 13.1. The Morgan fingerprint density at radius 2 is 1.63 bits per heavy atom. The van der Waals surface area contributed by atoms with Crippen LogP contribution in [0.2, 0.25) is 0 Å². The Morgan fingerprint density at radius 1 is 1.00 bits per heavy atom. The normalized spacial score (nSPS) is 16.9. The number of rotatable bonds is 9. The van der Waals surface area contributed by atoms with Crippen molar-refractivity contribution in [2.24, 2.45) is 0 Å². The van der Waals surface area contributed by atoms with Gasteiger partial charge in [0.1, 0.15) is 11.1 Å². The SMILES string of the molecule is Cc1ccc(-c2cc(C(F)(F)F)nn2-c2ccc(S(=O)(=O)NC(=O)[C@@H]3CCN3n3on3OC(C)N3C(=O)c4ccccc4C3=O)cc2)cc1. The van der Waals surface area contributed by atoms with E-state index in [0.717, 1.165) is 43.3 Å². The molecule has 2 aliphatic rings. The molecule has 49 heavy (non-hydrogen) atoms. The molecule has 4 heterocycles. The second-order valence-electron chi connectivity index (χ2n) is 11.4. The van der Waals surface area contributed by atoms with Gasteiger partial charge < -0.3 is 4.84 Å². The van der Waals surface area contributed by atoms with E-state index in [4.69, 9.17) is 9.47 Å². The minimum atomic E-state index is -4.71. The molecule has 0 spiro atoms. The van der Waals surface area contributed by atoms with Gasteiger partial charge in [-0.3, -0.25) is 14.4 Å². The lowest BCUT2D eigenvalue weighted by molar-refractivity contribution is -0.141. The summed E-state index contributed by atoms with van der Waals surface area (Å²) in [4.78, 5) is 45.7. The number of sulfonamides is 1. The maximum Gasteiger partial charge on any atom is 0.435 e. The Labute approximate surface area is 275 Å². The van der Waals surface area contributed by atoms with Crippen molar-refractivity contribution in [2.45, 2.75) is 43.6 Å². The fourth-order valence-corrected chi connectivity index (χ4v) is 6.49. The molecule has 2 aromatic heterocycles. The fourth-order valence-electron chi connectivity index (χ4n) is 5.48. The molecule has 0 radical (unpaired) electrons. The molecule has 2 atom stereocenters. The van der Waals surface area contributed by atoms with Gasteiger partial charge in [-0.15, -0.1) is 0 Å². The predicted octanol–water partition coefficient (Wildman–Crippen LogP) is 3.35. The van der Waals surface area contributed by atoms with Crippen molar-refractivity contribution in [3.63, 3.8) is 0 Å². The van der Waals surface area contributed by atoms with Crippen molar-refractivity contribution in [1.29, 1.82) is 0 Å². The van der Waals surface area contributed by atoms with E-state index >= 15 is 0 Å². The molecule has 254 valence electrons. The van der Waals surface area contributed by atoms with Crippen LogP contribution in [0, 0.1) is 6.92 Å². The zero-order valence-corrected chi connectivity index (χ0v) is 26.5. The lowest BCUT2D eigenvalue weighted by atomic mass is 10.1. The van der Waals surface area contributed by atoms with Gasteiger partial charge in [0.25, 0.3) is 27.7 Å². The first-order chi connectivity index (χ1) is 23.2. The second kappa shape index (κ2) is 11.4. The zero-order chi connectivity index (χ0) is 34.8. The topological polar surface area (TPSA) is 154 Å². The standard InChI is InChI=1S/C31H26F3N7O7S/c1-18-7-9-20(10-8-18)26-17-27(31(32,33)34)35-39(26)21-11-13-22(14-12-21)49(45,46)36-28(42)25-15-16-37(25)40-41(48-40)47-19(2)38-29(43)23-5-3-4-6-24(23)30(38)44/h3-14,17,19,25H,15-16H2,1-2H3,(H,36,42)/t19?,25-,40?,41?/m0/s1. The van der Waals surface area contributed by atoms with Crippen LogP contribution in [-0.2, 0) is 21.0 Å². The highest BCUT2D eigenvalue weighted by Gasteiger charge is 2.44. The van der Waals surface area contributed by atoms with E-state index in [1.165, 1.54) is 36.2 Å². The van der Waals surface area contributed by atoms with Gasteiger partial charge in [0.2, 0.25) is 6.23 Å². The first-order valence-electron chi connectivity index (χ1n) is 14.8. The molecule has 2 aliphatic heterocycles. The number of aromatic nitrogens is 4. The summed E-state index contributed by atoms with van der Waals surface area (Å²) in [7, 11) is -4.40. The summed E-state index contributed by atoms with van der Waals surface area (Å²) in [6, 6.07) is 18.0. The van der Waals surface area contributed by atoms with Crippen LogP contribution >= 0.6 is 0 Å². The molecule has 0 aliphatic carbocycles. The number of nitrogens with zero attached hydrogens (tertiary/aromatic N) is 6. The van der Waals surface area contributed by atoms with Crippen molar-refractivity contribution in [2.75, 3.05) is 11.6 Å². The average Bonchev–Trinajstić information content (AvgIpc) is 3.49. The molecule has 5 aromatic rings. The van der Waals surface area contributed by atoms with Crippen molar-refractivity contribution in [1.82, 2.24) is 29.4 Å². The molecule has 1 unspecified atom stereocenters. The van der Waals surface area contributed by atoms with E-state index < -0.39 is 51.9 Å². The number of imide groups is 1. The van der Waals surface area contributed by atoms with E-state index in [1.807, 2.05) is 11.6 Å². The molecule has 7 rings (SSSR count). The summed E-state index contributed by atoms with van der Waals surface area (Å²) in [5.74, 6) is -1.95. The monoisotopic (exact) mass is 697 g/mol. The van der Waals surface area contributed by atoms with Gasteiger partial charge in [-0.1, -0.05) is 42.0 Å². The van der Waals surface area contributed by atoms with Gasteiger partial charge in [0, 0.05) is 12.1 Å². The number of fused-ring (bicyclic) bond motifs is 1. The number of amides is 3. The molecular weight excluding hydrogens is 671 g/mol. The van der Waals surface area contributed by atoms with Crippen molar-refractivity contribution >= 4 is 27.7 Å².